The number of fused-ring (bicyclic) bond motifs is 1. The molecule has 4 rings (SSSR count). The van der Waals surface area contributed by atoms with Crippen LogP contribution in [0.4, 0.5) is 5.69 Å². The highest BCUT2D eigenvalue weighted by Gasteiger charge is 2.37. The monoisotopic (exact) mass is 489 g/mol. The van der Waals surface area contributed by atoms with E-state index < -0.39 is 5.91 Å². The van der Waals surface area contributed by atoms with Gasteiger partial charge in [0.15, 0.2) is 5.65 Å². The molecule has 12 nitrogen and oxygen atoms in total. The Morgan fingerprint density at radius 3 is 2.67 bits per heavy atom. The molecule has 188 valence electrons. The number of carbonyl (C=O) groups is 1. The summed E-state index contributed by atoms with van der Waals surface area (Å²) in [5.41, 5.74) is 20.3. The molecule has 0 saturated carbocycles. The molecule has 1 fully saturated rings. The molecule has 0 bridgehead atoms. The van der Waals surface area contributed by atoms with Crippen molar-refractivity contribution in [3.8, 4) is 17.3 Å². The van der Waals surface area contributed by atoms with Crippen molar-refractivity contribution in [1.82, 2.24) is 29.3 Å². The Morgan fingerprint density at radius 2 is 2.03 bits per heavy atom. The molecule has 1 aliphatic heterocycles. The van der Waals surface area contributed by atoms with Crippen LogP contribution in [0, 0.1) is 16.7 Å². The summed E-state index contributed by atoms with van der Waals surface area (Å²) in [7, 11) is 0. The summed E-state index contributed by atoms with van der Waals surface area (Å²) in [6.07, 6.45) is 10.8. The number of nitriles is 1. The van der Waals surface area contributed by atoms with E-state index in [1.165, 1.54) is 12.3 Å². The maximum absolute atomic E-state index is 12.3. The standard InChI is InChI=1S/C24H31N11O/c1-4-34-12-15(10-29-34)18-13-35-23(31-18)21(17(11-30-35)22(28)36)32-19-7-8-33(14-24(19,2)3)20(27)6-5-16(26)9-25/h5-6,10-13,19,32H,4,7-8,14,26-27H2,1-3H3,(H2,28,36)/b16-5-,20-6+/t19-/m1/s1. The van der Waals surface area contributed by atoms with E-state index in [0.29, 0.717) is 35.9 Å². The number of carbonyl (C=O) groups excluding carboxylic acids is 1. The van der Waals surface area contributed by atoms with Crippen LogP contribution < -0.4 is 22.5 Å². The van der Waals surface area contributed by atoms with Crippen LogP contribution in [0.2, 0.25) is 0 Å². The van der Waals surface area contributed by atoms with Gasteiger partial charge in [-0.3, -0.25) is 9.48 Å². The van der Waals surface area contributed by atoms with E-state index in [1.54, 1.807) is 16.8 Å². The first-order valence-corrected chi connectivity index (χ1v) is 11.7. The number of hydrogen-bond donors (Lipinski definition) is 4. The zero-order valence-corrected chi connectivity index (χ0v) is 20.6. The van der Waals surface area contributed by atoms with Crippen LogP contribution in [0.1, 0.15) is 37.6 Å². The largest absolute Gasteiger partial charge is 0.390 e. The maximum Gasteiger partial charge on any atom is 0.252 e. The number of piperidine rings is 1. The zero-order valence-electron chi connectivity index (χ0n) is 20.6. The molecule has 0 radical (unpaired) electrons. The number of hydrogen-bond acceptors (Lipinski definition) is 9. The van der Waals surface area contributed by atoms with E-state index in [2.05, 4.69) is 34.3 Å². The van der Waals surface area contributed by atoms with Gasteiger partial charge in [0.05, 0.1) is 41.4 Å². The van der Waals surface area contributed by atoms with Crippen molar-refractivity contribution in [2.24, 2.45) is 22.6 Å². The molecule has 4 heterocycles. The number of nitrogens with two attached hydrogens (primary N) is 3. The van der Waals surface area contributed by atoms with Gasteiger partial charge in [0.2, 0.25) is 0 Å². The molecule has 7 N–H and O–H groups in total. The Morgan fingerprint density at radius 1 is 1.25 bits per heavy atom. The molecule has 1 atom stereocenters. The Balaban J connectivity index is 1.64. The van der Waals surface area contributed by atoms with Gasteiger partial charge >= 0.3 is 0 Å². The topological polar surface area (TPSA) is 182 Å². The lowest BCUT2D eigenvalue weighted by molar-refractivity contribution is 0.0999. The van der Waals surface area contributed by atoms with Crippen LogP contribution >= 0.6 is 0 Å². The van der Waals surface area contributed by atoms with Crippen molar-refractivity contribution < 1.29 is 4.79 Å². The third-order valence-corrected chi connectivity index (χ3v) is 6.49. The van der Waals surface area contributed by atoms with Crippen LogP contribution in [0.3, 0.4) is 0 Å². The molecule has 0 aliphatic carbocycles. The van der Waals surface area contributed by atoms with Gasteiger partial charge in [0, 0.05) is 42.9 Å². The molecular weight excluding hydrogens is 458 g/mol. The second-order valence-corrected chi connectivity index (χ2v) is 9.50. The lowest BCUT2D eigenvalue weighted by Gasteiger charge is -2.45. The van der Waals surface area contributed by atoms with Crippen LogP contribution in [-0.2, 0) is 6.54 Å². The summed E-state index contributed by atoms with van der Waals surface area (Å²) in [6.45, 7) is 8.34. The van der Waals surface area contributed by atoms with Crippen molar-refractivity contribution in [3.05, 3.63) is 54.0 Å². The SMILES string of the molecule is CCn1cc(-c2cn3ncc(C(N)=O)c(N[C@@H]4CCN(/C(N)=C/C=C(\N)C#N)CC4(C)C)c3n2)cn1. The van der Waals surface area contributed by atoms with Crippen LogP contribution in [0.25, 0.3) is 16.9 Å². The van der Waals surface area contributed by atoms with Gasteiger partial charge in [-0.05, 0) is 25.5 Å². The fourth-order valence-corrected chi connectivity index (χ4v) is 4.41. The number of aryl methyl sites for hydroxylation is 1. The van der Waals surface area contributed by atoms with Crippen molar-refractivity contribution in [1.29, 1.82) is 5.26 Å². The summed E-state index contributed by atoms with van der Waals surface area (Å²) in [4.78, 5) is 19.1. The molecule has 3 aromatic rings. The normalized spacial score (nSPS) is 18.3. The van der Waals surface area contributed by atoms with E-state index in [9.17, 15) is 4.79 Å². The lowest BCUT2D eigenvalue weighted by Crippen LogP contribution is -2.52. The smallest absolute Gasteiger partial charge is 0.252 e. The van der Waals surface area contributed by atoms with E-state index in [4.69, 9.17) is 27.4 Å². The third-order valence-electron chi connectivity index (χ3n) is 6.49. The first kappa shape index (κ1) is 24.6. The molecule has 1 amide bonds. The number of amides is 1. The predicted molar refractivity (Wildman–Crippen MR) is 136 cm³/mol. The predicted octanol–water partition coefficient (Wildman–Crippen LogP) is 1.39. The van der Waals surface area contributed by atoms with E-state index in [1.807, 2.05) is 30.1 Å². The molecular formula is C24H31N11O. The highest BCUT2D eigenvalue weighted by Crippen LogP contribution is 2.35. The first-order valence-electron chi connectivity index (χ1n) is 11.7. The minimum atomic E-state index is -0.583. The number of imidazole rings is 1. The van der Waals surface area contributed by atoms with Gasteiger partial charge in [-0.15, -0.1) is 0 Å². The van der Waals surface area contributed by atoms with Gasteiger partial charge in [-0.2, -0.15) is 15.5 Å². The van der Waals surface area contributed by atoms with Crippen molar-refractivity contribution in [2.45, 2.75) is 39.8 Å². The van der Waals surface area contributed by atoms with E-state index >= 15 is 0 Å². The molecule has 36 heavy (non-hydrogen) atoms. The lowest BCUT2D eigenvalue weighted by atomic mass is 9.79. The van der Waals surface area contributed by atoms with Gasteiger partial charge in [-0.25, -0.2) is 9.50 Å². The van der Waals surface area contributed by atoms with Crippen LogP contribution in [-0.4, -0.2) is 54.3 Å². The number of nitrogens with one attached hydrogen (secondary N) is 1. The Labute approximate surface area is 209 Å². The van der Waals surface area contributed by atoms with Gasteiger partial charge in [0.1, 0.15) is 11.8 Å². The number of nitrogens with zero attached hydrogens (tertiary/aromatic N) is 7. The zero-order chi connectivity index (χ0) is 26.0. The Bertz CT molecular complexity index is 1390. The van der Waals surface area contributed by atoms with Crippen molar-refractivity contribution in [2.75, 3.05) is 18.4 Å². The maximum atomic E-state index is 12.3. The Kier molecular flexibility index (Phi) is 6.57. The highest BCUT2D eigenvalue weighted by molar-refractivity contribution is 6.01. The van der Waals surface area contributed by atoms with Crippen LogP contribution in [0.5, 0.6) is 0 Å². The molecule has 1 saturated heterocycles. The summed E-state index contributed by atoms with van der Waals surface area (Å²) in [5.74, 6) is -0.0467. The van der Waals surface area contributed by atoms with Crippen molar-refractivity contribution >= 4 is 17.2 Å². The number of rotatable bonds is 7. The highest BCUT2D eigenvalue weighted by atomic mass is 16.1. The second kappa shape index (κ2) is 9.61. The van der Waals surface area contributed by atoms with Crippen molar-refractivity contribution in [3.63, 3.8) is 0 Å². The fourth-order valence-electron chi connectivity index (χ4n) is 4.41. The third kappa shape index (κ3) is 4.81. The molecule has 1 aliphatic rings. The minimum Gasteiger partial charge on any atom is -0.390 e. The number of likely N-dealkylation sites (tertiary alicyclic amines) is 1. The van der Waals surface area contributed by atoms with Gasteiger partial charge in [0.25, 0.3) is 5.91 Å². The number of aromatic nitrogens is 5. The number of allylic oxidation sites excluding steroid dienone is 3. The molecule has 0 unspecified atom stereocenters. The molecule has 12 heteroatoms. The quantitative estimate of drug-likeness (QED) is 0.281. The van der Waals surface area contributed by atoms with E-state index in [0.717, 1.165) is 18.5 Å². The van der Waals surface area contributed by atoms with Gasteiger partial charge < -0.3 is 27.4 Å². The fraction of sp³-hybridized carbons (Fsp3) is 0.375. The van der Waals surface area contributed by atoms with Crippen LogP contribution in [0.15, 0.2) is 48.5 Å². The minimum absolute atomic E-state index is 0.00596. The number of primary amides is 1. The molecule has 0 spiro atoms. The summed E-state index contributed by atoms with van der Waals surface area (Å²) in [6, 6.07) is 1.87. The molecule has 0 aromatic carbocycles. The molecule has 3 aromatic heterocycles. The Hall–Kier alpha value is -4.53. The second-order valence-electron chi connectivity index (χ2n) is 9.50. The first-order chi connectivity index (χ1) is 17.1. The summed E-state index contributed by atoms with van der Waals surface area (Å²) < 4.78 is 3.46. The average Bonchev–Trinajstić information content (AvgIpc) is 3.50. The van der Waals surface area contributed by atoms with Gasteiger partial charge in [-0.1, -0.05) is 13.8 Å². The number of anilines is 1. The summed E-state index contributed by atoms with van der Waals surface area (Å²) >= 11 is 0. The summed E-state index contributed by atoms with van der Waals surface area (Å²) in [5, 5.41) is 21.1. The van der Waals surface area contributed by atoms with E-state index in [-0.39, 0.29) is 22.7 Å². The average molecular weight is 490 g/mol.